The van der Waals surface area contributed by atoms with Crippen LogP contribution in [0.3, 0.4) is 0 Å². The average Bonchev–Trinajstić information content (AvgIpc) is 3.07. The van der Waals surface area contributed by atoms with Crippen molar-refractivity contribution in [3.8, 4) is 0 Å². The molecule has 0 aliphatic carbocycles. The van der Waals surface area contributed by atoms with E-state index in [0.717, 1.165) is 0 Å². The SMILES string of the molecule is Cc1cc(C)c2c(c1C)c1c3c(cc[n+]1C)cc(C(C)(C)C)c1c4c(C)cccc4n2c13. The first-order valence-electron chi connectivity index (χ1n) is 11.6. The van der Waals surface area contributed by atoms with Gasteiger partial charge in [0.15, 0.2) is 6.20 Å². The largest absolute Gasteiger partial charge is 0.307 e. The van der Waals surface area contributed by atoms with E-state index in [4.69, 9.17) is 0 Å². The molecule has 0 radical (unpaired) electrons. The van der Waals surface area contributed by atoms with Gasteiger partial charge in [-0.15, -0.1) is 0 Å². The predicted molar refractivity (Wildman–Crippen MR) is 137 cm³/mol. The number of rotatable bonds is 0. The summed E-state index contributed by atoms with van der Waals surface area (Å²) in [6.07, 6.45) is 2.24. The second-order valence-electron chi connectivity index (χ2n) is 10.8. The van der Waals surface area contributed by atoms with Crippen molar-refractivity contribution in [2.24, 2.45) is 7.05 Å². The van der Waals surface area contributed by atoms with Gasteiger partial charge in [0.05, 0.1) is 27.3 Å². The first-order chi connectivity index (χ1) is 15.1. The van der Waals surface area contributed by atoms with Gasteiger partial charge < -0.3 is 4.40 Å². The number of nitrogens with zero attached hydrogens (tertiary/aromatic N) is 2. The normalized spacial score (nSPS) is 13.0. The highest BCUT2D eigenvalue weighted by molar-refractivity contribution is 6.29. The highest BCUT2D eigenvalue weighted by Crippen LogP contribution is 2.46. The third-order valence-electron chi connectivity index (χ3n) is 7.64. The number of benzene rings is 3. The number of fused-ring (bicyclic) bond motifs is 6. The lowest BCUT2D eigenvalue weighted by Gasteiger charge is -2.23. The Morgan fingerprint density at radius 2 is 1.50 bits per heavy atom. The molecular weight excluding hydrogens is 388 g/mol. The Kier molecular flexibility index (Phi) is 3.67. The molecule has 0 bridgehead atoms. The molecule has 0 N–H and O–H groups in total. The van der Waals surface area contributed by atoms with Crippen molar-refractivity contribution in [2.75, 3.05) is 0 Å². The maximum Gasteiger partial charge on any atom is 0.224 e. The molecule has 3 aromatic carbocycles. The lowest BCUT2D eigenvalue weighted by Crippen LogP contribution is -2.29. The summed E-state index contributed by atoms with van der Waals surface area (Å²) < 4.78 is 4.91. The zero-order valence-corrected chi connectivity index (χ0v) is 20.4. The van der Waals surface area contributed by atoms with Gasteiger partial charge in [-0.25, -0.2) is 4.57 Å². The lowest BCUT2D eigenvalue weighted by molar-refractivity contribution is -0.643. The van der Waals surface area contributed by atoms with Gasteiger partial charge in [0.25, 0.3) is 0 Å². The molecule has 0 saturated heterocycles. The summed E-state index contributed by atoms with van der Waals surface area (Å²) in [7, 11) is 2.20. The Hall–Kier alpha value is -3.13. The molecule has 0 aliphatic heterocycles. The van der Waals surface area contributed by atoms with E-state index in [2.05, 4.69) is 107 Å². The summed E-state index contributed by atoms with van der Waals surface area (Å²) in [5.41, 5.74) is 12.3. The third-order valence-corrected chi connectivity index (χ3v) is 7.64. The predicted octanol–water partition coefficient (Wildman–Crippen LogP) is 7.35. The van der Waals surface area contributed by atoms with Crippen LogP contribution < -0.4 is 4.57 Å². The highest BCUT2D eigenvalue weighted by atomic mass is 15.0. The molecule has 0 aliphatic rings. The van der Waals surface area contributed by atoms with Crippen LogP contribution in [0.15, 0.2) is 42.6 Å². The fourth-order valence-corrected chi connectivity index (χ4v) is 6.05. The van der Waals surface area contributed by atoms with Crippen LogP contribution in [0.2, 0.25) is 0 Å². The van der Waals surface area contributed by atoms with Crippen LogP contribution in [0.1, 0.15) is 48.6 Å². The number of hydrogen-bond acceptors (Lipinski definition) is 0. The van der Waals surface area contributed by atoms with Gasteiger partial charge in [-0.05, 0) is 78.4 Å². The van der Waals surface area contributed by atoms with Crippen molar-refractivity contribution >= 4 is 49.0 Å². The van der Waals surface area contributed by atoms with Crippen LogP contribution in [-0.2, 0) is 12.5 Å². The highest BCUT2D eigenvalue weighted by Gasteiger charge is 2.29. The molecule has 0 unspecified atom stereocenters. The second-order valence-corrected chi connectivity index (χ2v) is 10.8. The van der Waals surface area contributed by atoms with Crippen molar-refractivity contribution < 1.29 is 4.57 Å². The van der Waals surface area contributed by atoms with Gasteiger partial charge in [-0.2, -0.15) is 0 Å². The molecule has 2 nitrogen and oxygen atoms in total. The molecule has 0 saturated carbocycles. The Morgan fingerprint density at radius 3 is 2.22 bits per heavy atom. The first kappa shape index (κ1) is 19.5. The minimum atomic E-state index is 0.0479. The van der Waals surface area contributed by atoms with Gasteiger partial charge in [-0.1, -0.05) is 39.0 Å². The van der Waals surface area contributed by atoms with Crippen molar-refractivity contribution in [3.63, 3.8) is 0 Å². The summed E-state index contributed by atoms with van der Waals surface area (Å²) in [5.74, 6) is 0. The smallest absolute Gasteiger partial charge is 0.224 e. The summed E-state index contributed by atoms with van der Waals surface area (Å²) >= 11 is 0. The molecule has 2 heteroatoms. The molecule has 160 valence electrons. The second kappa shape index (κ2) is 6.01. The lowest BCUT2D eigenvalue weighted by atomic mass is 9.82. The molecular formula is C30H31N2+. The third kappa shape index (κ3) is 2.23. The topological polar surface area (TPSA) is 8.29 Å². The van der Waals surface area contributed by atoms with Gasteiger partial charge in [0.2, 0.25) is 5.52 Å². The number of aromatic nitrogens is 2. The zero-order chi connectivity index (χ0) is 22.7. The summed E-state index contributed by atoms with van der Waals surface area (Å²) in [5, 5.41) is 6.92. The van der Waals surface area contributed by atoms with Gasteiger partial charge in [0, 0.05) is 16.8 Å². The Bertz CT molecular complexity index is 1740. The summed E-state index contributed by atoms with van der Waals surface area (Å²) in [6, 6.07) is 13.9. The van der Waals surface area contributed by atoms with Crippen molar-refractivity contribution in [1.29, 1.82) is 0 Å². The van der Waals surface area contributed by atoms with Crippen LogP contribution >= 0.6 is 0 Å². The van der Waals surface area contributed by atoms with Crippen LogP contribution in [0, 0.1) is 27.7 Å². The molecule has 6 aromatic rings. The van der Waals surface area contributed by atoms with E-state index in [1.165, 1.54) is 76.8 Å². The van der Waals surface area contributed by atoms with Gasteiger partial charge >= 0.3 is 0 Å². The van der Waals surface area contributed by atoms with E-state index >= 15 is 0 Å². The van der Waals surface area contributed by atoms with E-state index in [0.29, 0.717) is 0 Å². The molecule has 0 atom stereocenters. The summed E-state index contributed by atoms with van der Waals surface area (Å²) in [4.78, 5) is 0. The van der Waals surface area contributed by atoms with Gasteiger partial charge in [-0.3, -0.25) is 0 Å². The number of hydrogen-bond donors (Lipinski definition) is 0. The molecule has 0 spiro atoms. The monoisotopic (exact) mass is 419 g/mol. The van der Waals surface area contributed by atoms with E-state index in [1.807, 2.05) is 0 Å². The zero-order valence-electron chi connectivity index (χ0n) is 20.4. The maximum absolute atomic E-state index is 2.58. The molecule has 3 heterocycles. The van der Waals surface area contributed by atoms with Gasteiger partial charge in [0.1, 0.15) is 7.05 Å². The quantitative estimate of drug-likeness (QED) is 0.138. The van der Waals surface area contributed by atoms with Crippen molar-refractivity contribution in [2.45, 2.75) is 53.9 Å². The Labute approximate surface area is 189 Å². The number of aryl methyl sites for hydroxylation is 5. The van der Waals surface area contributed by atoms with E-state index in [1.54, 1.807) is 0 Å². The molecule has 0 fully saturated rings. The molecule has 3 aromatic heterocycles. The van der Waals surface area contributed by atoms with Crippen LogP contribution in [0.5, 0.6) is 0 Å². The minimum absolute atomic E-state index is 0.0479. The average molecular weight is 420 g/mol. The van der Waals surface area contributed by atoms with Crippen LogP contribution in [-0.4, -0.2) is 4.40 Å². The summed E-state index contributed by atoms with van der Waals surface area (Å²) in [6.45, 7) is 16.1. The van der Waals surface area contributed by atoms with Crippen LogP contribution in [0.4, 0.5) is 0 Å². The fraction of sp³-hybridized carbons (Fsp3) is 0.300. The van der Waals surface area contributed by atoms with Crippen LogP contribution in [0.25, 0.3) is 49.0 Å². The van der Waals surface area contributed by atoms with E-state index in [-0.39, 0.29) is 5.41 Å². The molecule has 0 amide bonds. The number of pyridine rings is 2. The fourth-order valence-electron chi connectivity index (χ4n) is 6.05. The maximum atomic E-state index is 2.58. The Morgan fingerprint density at radius 1 is 0.750 bits per heavy atom. The Balaban J connectivity index is 2.16. The molecule has 6 rings (SSSR count). The van der Waals surface area contributed by atoms with E-state index in [9.17, 15) is 0 Å². The van der Waals surface area contributed by atoms with Crippen molar-refractivity contribution in [1.82, 2.24) is 4.40 Å². The molecule has 32 heavy (non-hydrogen) atoms. The minimum Gasteiger partial charge on any atom is -0.307 e. The van der Waals surface area contributed by atoms with Crippen molar-refractivity contribution in [3.05, 3.63) is 70.4 Å². The standard InChI is InChI=1S/C30H31N2/c1-16-10-9-11-22-23(16)26-21(30(5,6)7)15-20-12-13-31(8)28-24-19(4)17(2)14-18(3)27(24)32(22)29(26)25(20)28/h9-15H,1-8H3/q+1. The first-order valence-corrected chi connectivity index (χ1v) is 11.6. The van der Waals surface area contributed by atoms with E-state index < -0.39 is 0 Å².